The lowest BCUT2D eigenvalue weighted by atomic mass is 9.85. The standard InChI is InChI=1S/C18H27NO/c1-7-15(19-8-2)16-11-13-12(3)9-10-14(17(13)20-16)18(4,5)6/h9-11,15,19H,7-8H2,1-6H3. The number of rotatable bonds is 4. The molecule has 0 fully saturated rings. The van der Waals surface area contributed by atoms with Crippen molar-refractivity contribution in [3.8, 4) is 0 Å². The zero-order chi connectivity index (χ0) is 14.9. The lowest BCUT2D eigenvalue weighted by Gasteiger charge is -2.19. The van der Waals surface area contributed by atoms with E-state index in [2.05, 4.69) is 65.1 Å². The number of fused-ring (bicyclic) bond motifs is 1. The summed E-state index contributed by atoms with van der Waals surface area (Å²) in [5.41, 5.74) is 3.73. The van der Waals surface area contributed by atoms with Gasteiger partial charge >= 0.3 is 0 Å². The van der Waals surface area contributed by atoms with E-state index in [9.17, 15) is 0 Å². The summed E-state index contributed by atoms with van der Waals surface area (Å²) in [7, 11) is 0. The molecule has 1 heterocycles. The van der Waals surface area contributed by atoms with Gasteiger partial charge in [0.05, 0.1) is 6.04 Å². The van der Waals surface area contributed by atoms with Crippen molar-refractivity contribution in [3.05, 3.63) is 35.1 Å². The largest absolute Gasteiger partial charge is 0.459 e. The number of nitrogens with one attached hydrogen (secondary N) is 1. The zero-order valence-electron chi connectivity index (χ0n) is 13.6. The highest BCUT2D eigenvalue weighted by Gasteiger charge is 2.22. The van der Waals surface area contributed by atoms with Gasteiger partial charge < -0.3 is 9.73 Å². The van der Waals surface area contributed by atoms with E-state index in [1.807, 2.05) is 0 Å². The number of aryl methyl sites for hydroxylation is 1. The van der Waals surface area contributed by atoms with Crippen LogP contribution in [-0.2, 0) is 5.41 Å². The Morgan fingerprint density at radius 3 is 2.45 bits per heavy atom. The second kappa shape index (κ2) is 5.61. The van der Waals surface area contributed by atoms with Crippen LogP contribution in [0.4, 0.5) is 0 Å². The summed E-state index contributed by atoms with van der Waals surface area (Å²) in [5, 5.41) is 4.75. The van der Waals surface area contributed by atoms with Crippen LogP contribution in [0.1, 0.15) is 64.0 Å². The fourth-order valence-electron chi connectivity index (χ4n) is 2.73. The Kier molecular flexibility index (Phi) is 4.24. The van der Waals surface area contributed by atoms with Crippen molar-refractivity contribution in [2.24, 2.45) is 0 Å². The third-order valence-corrected chi connectivity index (χ3v) is 3.93. The van der Waals surface area contributed by atoms with E-state index in [4.69, 9.17) is 4.42 Å². The highest BCUT2D eigenvalue weighted by atomic mass is 16.3. The third-order valence-electron chi connectivity index (χ3n) is 3.93. The molecule has 1 aromatic heterocycles. The Bertz CT molecular complexity index is 589. The molecule has 1 unspecified atom stereocenters. The van der Waals surface area contributed by atoms with E-state index >= 15 is 0 Å². The van der Waals surface area contributed by atoms with Gasteiger partial charge in [0, 0.05) is 10.9 Å². The quantitative estimate of drug-likeness (QED) is 0.838. The van der Waals surface area contributed by atoms with Crippen molar-refractivity contribution in [2.45, 2.75) is 59.4 Å². The van der Waals surface area contributed by atoms with Crippen LogP contribution in [-0.4, -0.2) is 6.54 Å². The van der Waals surface area contributed by atoms with Crippen LogP contribution < -0.4 is 5.32 Å². The Labute approximate surface area is 122 Å². The van der Waals surface area contributed by atoms with Crippen molar-refractivity contribution in [1.29, 1.82) is 0 Å². The molecule has 1 N–H and O–H groups in total. The van der Waals surface area contributed by atoms with Gasteiger partial charge in [-0.1, -0.05) is 46.8 Å². The first-order chi connectivity index (χ1) is 9.38. The van der Waals surface area contributed by atoms with Crippen molar-refractivity contribution >= 4 is 11.0 Å². The van der Waals surface area contributed by atoms with E-state index in [0.717, 1.165) is 24.3 Å². The first-order valence-electron chi connectivity index (χ1n) is 7.65. The van der Waals surface area contributed by atoms with E-state index in [1.165, 1.54) is 16.5 Å². The molecule has 2 heteroatoms. The minimum Gasteiger partial charge on any atom is -0.459 e. The molecule has 110 valence electrons. The number of benzene rings is 1. The molecule has 0 amide bonds. The summed E-state index contributed by atoms with van der Waals surface area (Å²) in [5.74, 6) is 1.06. The van der Waals surface area contributed by atoms with Crippen LogP contribution in [0.25, 0.3) is 11.0 Å². The van der Waals surface area contributed by atoms with Crippen molar-refractivity contribution < 1.29 is 4.42 Å². The van der Waals surface area contributed by atoms with Gasteiger partial charge in [0.2, 0.25) is 0 Å². The van der Waals surface area contributed by atoms with Crippen LogP contribution in [0.2, 0.25) is 0 Å². The average Bonchev–Trinajstić information content (AvgIpc) is 2.80. The van der Waals surface area contributed by atoms with Gasteiger partial charge in [-0.2, -0.15) is 0 Å². The monoisotopic (exact) mass is 273 g/mol. The lowest BCUT2D eigenvalue weighted by molar-refractivity contribution is 0.424. The van der Waals surface area contributed by atoms with Gasteiger partial charge in [0.15, 0.2) is 0 Å². The smallest absolute Gasteiger partial charge is 0.138 e. The fraction of sp³-hybridized carbons (Fsp3) is 0.556. The maximum atomic E-state index is 6.25. The Balaban J connectivity index is 2.60. The minimum absolute atomic E-state index is 0.0982. The molecule has 0 spiro atoms. The van der Waals surface area contributed by atoms with Crippen molar-refractivity contribution in [1.82, 2.24) is 5.32 Å². The number of furan rings is 1. The predicted octanol–water partition coefficient (Wildman–Crippen LogP) is 5.10. The maximum Gasteiger partial charge on any atom is 0.138 e. The molecule has 2 rings (SSSR count). The molecule has 0 saturated heterocycles. The Morgan fingerprint density at radius 2 is 1.90 bits per heavy atom. The van der Waals surface area contributed by atoms with Crippen LogP contribution in [0.3, 0.4) is 0 Å². The van der Waals surface area contributed by atoms with Crippen LogP contribution in [0.5, 0.6) is 0 Å². The molecule has 0 bridgehead atoms. The average molecular weight is 273 g/mol. The molecule has 20 heavy (non-hydrogen) atoms. The molecule has 0 radical (unpaired) electrons. The number of hydrogen-bond acceptors (Lipinski definition) is 2. The summed E-state index contributed by atoms with van der Waals surface area (Å²) in [6, 6.07) is 6.94. The molecular weight excluding hydrogens is 246 g/mol. The molecular formula is C18H27NO. The van der Waals surface area contributed by atoms with Gasteiger partial charge in [-0.15, -0.1) is 0 Å². The van der Waals surface area contributed by atoms with E-state index in [-0.39, 0.29) is 5.41 Å². The highest BCUT2D eigenvalue weighted by molar-refractivity contribution is 5.85. The second-order valence-corrected chi connectivity index (χ2v) is 6.59. The Morgan fingerprint density at radius 1 is 1.20 bits per heavy atom. The Hall–Kier alpha value is -1.28. The van der Waals surface area contributed by atoms with E-state index in [1.54, 1.807) is 0 Å². The fourth-order valence-corrected chi connectivity index (χ4v) is 2.73. The molecule has 1 aromatic carbocycles. The highest BCUT2D eigenvalue weighted by Crippen LogP contribution is 2.35. The van der Waals surface area contributed by atoms with Crippen LogP contribution in [0.15, 0.2) is 22.6 Å². The summed E-state index contributed by atoms with van der Waals surface area (Å²) in [4.78, 5) is 0. The van der Waals surface area contributed by atoms with Crippen molar-refractivity contribution in [3.63, 3.8) is 0 Å². The molecule has 0 aliphatic rings. The first-order valence-corrected chi connectivity index (χ1v) is 7.65. The van der Waals surface area contributed by atoms with Gasteiger partial charge in [-0.3, -0.25) is 0 Å². The first kappa shape index (κ1) is 15.1. The second-order valence-electron chi connectivity index (χ2n) is 6.59. The molecule has 0 saturated carbocycles. The topological polar surface area (TPSA) is 25.2 Å². The van der Waals surface area contributed by atoms with Gasteiger partial charge in [-0.25, -0.2) is 0 Å². The molecule has 0 aliphatic carbocycles. The van der Waals surface area contributed by atoms with Crippen LogP contribution >= 0.6 is 0 Å². The van der Waals surface area contributed by atoms with Gasteiger partial charge in [0.1, 0.15) is 11.3 Å². The van der Waals surface area contributed by atoms with E-state index < -0.39 is 0 Å². The minimum atomic E-state index is 0.0982. The van der Waals surface area contributed by atoms with Gasteiger partial charge in [0.25, 0.3) is 0 Å². The van der Waals surface area contributed by atoms with Crippen molar-refractivity contribution in [2.75, 3.05) is 6.54 Å². The predicted molar refractivity (Wildman–Crippen MR) is 86.4 cm³/mol. The maximum absolute atomic E-state index is 6.25. The molecule has 2 aromatic rings. The molecule has 1 atom stereocenters. The molecule has 0 aliphatic heterocycles. The summed E-state index contributed by atoms with van der Waals surface area (Å²) < 4.78 is 6.25. The number of hydrogen-bond donors (Lipinski definition) is 1. The normalized spacial score (nSPS) is 13.9. The summed E-state index contributed by atoms with van der Waals surface area (Å²) >= 11 is 0. The SMILES string of the molecule is CCNC(CC)c1cc2c(C)ccc(C(C)(C)C)c2o1. The van der Waals surface area contributed by atoms with E-state index in [0.29, 0.717) is 6.04 Å². The molecule has 2 nitrogen and oxygen atoms in total. The third kappa shape index (κ3) is 2.76. The van der Waals surface area contributed by atoms with Gasteiger partial charge in [-0.05, 0) is 36.9 Å². The lowest BCUT2D eigenvalue weighted by Crippen LogP contribution is -2.19. The van der Waals surface area contributed by atoms with Crippen LogP contribution in [0, 0.1) is 6.92 Å². The summed E-state index contributed by atoms with van der Waals surface area (Å²) in [6.45, 7) is 14.2. The zero-order valence-corrected chi connectivity index (χ0v) is 13.6. The summed E-state index contributed by atoms with van der Waals surface area (Å²) in [6.07, 6.45) is 1.04.